The topological polar surface area (TPSA) is 55.1 Å². The number of hydrogen-bond acceptors (Lipinski definition) is 2. The molecule has 0 heterocycles. The van der Waals surface area contributed by atoms with Crippen molar-refractivity contribution in [2.24, 2.45) is 23.5 Å². The lowest BCUT2D eigenvalue weighted by atomic mass is 9.79. The number of carbonyl (C=O) groups excluding carboxylic acids is 1. The lowest BCUT2D eigenvalue weighted by Gasteiger charge is -2.30. The van der Waals surface area contributed by atoms with Crippen LogP contribution >= 0.6 is 0 Å². The van der Waals surface area contributed by atoms with Gasteiger partial charge >= 0.3 is 0 Å². The predicted molar refractivity (Wildman–Crippen MR) is 71.6 cm³/mol. The fourth-order valence-corrected chi connectivity index (χ4v) is 2.62. The Morgan fingerprint density at radius 3 is 2.53 bits per heavy atom. The minimum absolute atomic E-state index is 0.208. The van der Waals surface area contributed by atoms with Gasteiger partial charge in [-0.05, 0) is 43.6 Å². The molecule has 2 atom stereocenters. The molecule has 3 heteroatoms. The first-order valence-corrected chi connectivity index (χ1v) is 7.10. The lowest BCUT2D eigenvalue weighted by molar-refractivity contribution is -0.121. The normalized spacial score (nSPS) is 24.9. The van der Waals surface area contributed by atoms with E-state index in [-0.39, 0.29) is 5.91 Å². The van der Waals surface area contributed by atoms with Crippen molar-refractivity contribution in [2.75, 3.05) is 13.1 Å². The second kappa shape index (κ2) is 7.70. The third-order valence-electron chi connectivity index (χ3n) is 3.88. The molecule has 0 aliphatic heterocycles. The standard InChI is InChI=1S/C14H28N2O/c1-11(2)7-8-14(17)16-10-13-6-4-3-5-12(13)9-15/h11-13H,3-10,15H2,1-2H3,(H,16,17). The molecule has 0 aromatic rings. The Hall–Kier alpha value is -0.570. The summed E-state index contributed by atoms with van der Waals surface area (Å²) in [5.41, 5.74) is 5.79. The van der Waals surface area contributed by atoms with Gasteiger partial charge in [0.1, 0.15) is 0 Å². The zero-order valence-electron chi connectivity index (χ0n) is 11.4. The summed E-state index contributed by atoms with van der Waals surface area (Å²) >= 11 is 0. The molecule has 1 aliphatic rings. The monoisotopic (exact) mass is 240 g/mol. The Labute approximate surface area is 106 Å². The molecular formula is C14H28N2O. The second-order valence-corrected chi connectivity index (χ2v) is 5.78. The Morgan fingerprint density at radius 1 is 1.29 bits per heavy atom. The van der Waals surface area contributed by atoms with Crippen LogP contribution < -0.4 is 11.1 Å². The minimum Gasteiger partial charge on any atom is -0.356 e. The molecule has 1 amide bonds. The minimum atomic E-state index is 0.208. The van der Waals surface area contributed by atoms with Gasteiger partial charge in [-0.1, -0.05) is 26.7 Å². The summed E-state index contributed by atoms with van der Waals surface area (Å²) < 4.78 is 0. The zero-order chi connectivity index (χ0) is 12.7. The van der Waals surface area contributed by atoms with Gasteiger partial charge in [0.15, 0.2) is 0 Å². The number of rotatable bonds is 6. The molecule has 1 saturated carbocycles. The van der Waals surface area contributed by atoms with Crippen molar-refractivity contribution in [3.05, 3.63) is 0 Å². The molecule has 0 radical (unpaired) electrons. The summed E-state index contributed by atoms with van der Waals surface area (Å²) in [5.74, 6) is 2.04. The summed E-state index contributed by atoms with van der Waals surface area (Å²) in [6, 6.07) is 0. The average Bonchev–Trinajstić information content (AvgIpc) is 2.34. The van der Waals surface area contributed by atoms with Gasteiger partial charge in [-0.15, -0.1) is 0 Å². The van der Waals surface area contributed by atoms with Gasteiger partial charge in [-0.3, -0.25) is 4.79 Å². The molecule has 17 heavy (non-hydrogen) atoms. The number of amides is 1. The molecule has 1 aliphatic carbocycles. The van der Waals surface area contributed by atoms with Crippen molar-refractivity contribution in [3.63, 3.8) is 0 Å². The molecule has 0 bridgehead atoms. The molecule has 2 unspecified atom stereocenters. The molecule has 0 aromatic carbocycles. The van der Waals surface area contributed by atoms with Crippen LogP contribution in [0.1, 0.15) is 52.4 Å². The van der Waals surface area contributed by atoms with Crippen LogP contribution in [-0.2, 0) is 4.79 Å². The fourth-order valence-electron chi connectivity index (χ4n) is 2.62. The van der Waals surface area contributed by atoms with Crippen LogP contribution in [0.2, 0.25) is 0 Å². The quantitative estimate of drug-likeness (QED) is 0.748. The van der Waals surface area contributed by atoms with Gasteiger partial charge in [0, 0.05) is 13.0 Å². The number of carbonyl (C=O) groups is 1. The van der Waals surface area contributed by atoms with Crippen LogP contribution in [0.5, 0.6) is 0 Å². The highest BCUT2D eigenvalue weighted by Crippen LogP contribution is 2.28. The van der Waals surface area contributed by atoms with Gasteiger partial charge < -0.3 is 11.1 Å². The van der Waals surface area contributed by atoms with E-state index < -0.39 is 0 Å². The van der Waals surface area contributed by atoms with Crippen molar-refractivity contribution < 1.29 is 4.79 Å². The van der Waals surface area contributed by atoms with Crippen molar-refractivity contribution in [1.82, 2.24) is 5.32 Å². The van der Waals surface area contributed by atoms with E-state index in [1.807, 2.05) is 0 Å². The van der Waals surface area contributed by atoms with Crippen molar-refractivity contribution in [3.8, 4) is 0 Å². The molecule has 1 fully saturated rings. The van der Waals surface area contributed by atoms with Crippen LogP contribution in [0.4, 0.5) is 0 Å². The van der Waals surface area contributed by atoms with Gasteiger partial charge in [0.05, 0.1) is 0 Å². The molecule has 0 spiro atoms. The summed E-state index contributed by atoms with van der Waals surface area (Å²) in [4.78, 5) is 11.6. The maximum Gasteiger partial charge on any atom is 0.220 e. The van der Waals surface area contributed by atoms with E-state index in [1.165, 1.54) is 25.7 Å². The van der Waals surface area contributed by atoms with Crippen LogP contribution in [-0.4, -0.2) is 19.0 Å². The van der Waals surface area contributed by atoms with Gasteiger partial charge in [-0.2, -0.15) is 0 Å². The first-order valence-electron chi connectivity index (χ1n) is 7.10. The van der Waals surface area contributed by atoms with E-state index in [1.54, 1.807) is 0 Å². The Morgan fingerprint density at radius 2 is 1.94 bits per heavy atom. The SMILES string of the molecule is CC(C)CCC(=O)NCC1CCCCC1CN. The van der Waals surface area contributed by atoms with Gasteiger partial charge in [0.25, 0.3) is 0 Å². The molecular weight excluding hydrogens is 212 g/mol. The Bertz CT molecular complexity index is 228. The van der Waals surface area contributed by atoms with E-state index in [9.17, 15) is 4.79 Å². The summed E-state index contributed by atoms with van der Waals surface area (Å²) in [6.07, 6.45) is 6.71. The Balaban J connectivity index is 2.21. The van der Waals surface area contributed by atoms with Crippen LogP contribution in [0.3, 0.4) is 0 Å². The van der Waals surface area contributed by atoms with Crippen LogP contribution in [0.25, 0.3) is 0 Å². The highest BCUT2D eigenvalue weighted by atomic mass is 16.1. The largest absolute Gasteiger partial charge is 0.356 e. The predicted octanol–water partition coefficient (Wildman–Crippen LogP) is 2.30. The van der Waals surface area contributed by atoms with Crippen molar-refractivity contribution in [1.29, 1.82) is 0 Å². The third kappa shape index (κ3) is 5.53. The molecule has 3 N–H and O–H groups in total. The van der Waals surface area contributed by atoms with E-state index in [2.05, 4.69) is 19.2 Å². The lowest BCUT2D eigenvalue weighted by Crippen LogP contribution is -2.36. The highest BCUT2D eigenvalue weighted by molar-refractivity contribution is 5.75. The van der Waals surface area contributed by atoms with E-state index in [0.717, 1.165) is 19.5 Å². The molecule has 3 nitrogen and oxygen atoms in total. The van der Waals surface area contributed by atoms with Crippen molar-refractivity contribution in [2.45, 2.75) is 52.4 Å². The summed E-state index contributed by atoms with van der Waals surface area (Å²) in [5, 5.41) is 3.08. The molecule has 1 rings (SSSR count). The zero-order valence-corrected chi connectivity index (χ0v) is 11.4. The average molecular weight is 240 g/mol. The number of nitrogens with one attached hydrogen (secondary N) is 1. The maximum atomic E-state index is 11.6. The molecule has 0 aromatic heterocycles. The third-order valence-corrected chi connectivity index (χ3v) is 3.88. The Kier molecular flexibility index (Phi) is 6.56. The van der Waals surface area contributed by atoms with Crippen molar-refractivity contribution >= 4 is 5.91 Å². The first-order chi connectivity index (χ1) is 8.13. The van der Waals surface area contributed by atoms with Gasteiger partial charge in [-0.25, -0.2) is 0 Å². The second-order valence-electron chi connectivity index (χ2n) is 5.78. The summed E-state index contributed by atoms with van der Waals surface area (Å²) in [7, 11) is 0. The van der Waals surface area contributed by atoms with E-state index in [0.29, 0.717) is 24.2 Å². The smallest absolute Gasteiger partial charge is 0.220 e. The fraction of sp³-hybridized carbons (Fsp3) is 0.929. The highest BCUT2D eigenvalue weighted by Gasteiger charge is 2.23. The first kappa shape index (κ1) is 14.5. The number of nitrogens with two attached hydrogens (primary N) is 1. The van der Waals surface area contributed by atoms with Crippen LogP contribution in [0.15, 0.2) is 0 Å². The molecule has 0 saturated heterocycles. The van der Waals surface area contributed by atoms with Gasteiger partial charge in [0.2, 0.25) is 5.91 Å². The maximum absolute atomic E-state index is 11.6. The van der Waals surface area contributed by atoms with E-state index in [4.69, 9.17) is 5.73 Å². The van der Waals surface area contributed by atoms with E-state index >= 15 is 0 Å². The number of hydrogen-bond donors (Lipinski definition) is 2. The molecule has 100 valence electrons. The summed E-state index contributed by atoms with van der Waals surface area (Å²) in [6.45, 7) is 5.91. The van der Waals surface area contributed by atoms with Crippen LogP contribution in [0, 0.1) is 17.8 Å².